The molecule has 0 saturated heterocycles. The molecule has 0 saturated carbocycles. The third-order valence-corrected chi connectivity index (χ3v) is 4.61. The Hall–Kier alpha value is -3.48. The molecule has 30 heavy (non-hydrogen) atoms. The highest BCUT2D eigenvalue weighted by Gasteiger charge is 2.17. The Morgan fingerprint density at radius 1 is 0.933 bits per heavy atom. The first-order valence-corrected chi connectivity index (χ1v) is 9.66. The Labute approximate surface area is 177 Å². The van der Waals surface area contributed by atoms with Crippen molar-refractivity contribution >= 4 is 23.6 Å². The van der Waals surface area contributed by atoms with Gasteiger partial charge in [-0.1, -0.05) is 12.1 Å². The molecule has 0 aliphatic carbocycles. The Kier molecular flexibility index (Phi) is 8.29. The lowest BCUT2D eigenvalue weighted by molar-refractivity contribution is -0.111. The van der Waals surface area contributed by atoms with Gasteiger partial charge in [-0.25, -0.2) is 0 Å². The zero-order valence-electron chi connectivity index (χ0n) is 18.0. The van der Waals surface area contributed by atoms with Crippen molar-refractivity contribution in [1.29, 1.82) is 0 Å². The van der Waals surface area contributed by atoms with Crippen molar-refractivity contribution in [2.45, 2.75) is 13.8 Å². The van der Waals surface area contributed by atoms with Crippen LogP contribution in [0.2, 0.25) is 0 Å². The van der Waals surface area contributed by atoms with Gasteiger partial charge in [-0.15, -0.1) is 0 Å². The molecule has 2 amide bonds. The van der Waals surface area contributed by atoms with Gasteiger partial charge in [0.25, 0.3) is 5.91 Å². The molecule has 0 heterocycles. The van der Waals surface area contributed by atoms with E-state index in [0.717, 1.165) is 0 Å². The quantitative estimate of drug-likeness (QED) is 0.633. The van der Waals surface area contributed by atoms with E-state index in [9.17, 15) is 9.59 Å². The molecule has 160 valence electrons. The lowest BCUT2D eigenvalue weighted by Gasteiger charge is -2.20. The van der Waals surface area contributed by atoms with E-state index < -0.39 is 0 Å². The van der Waals surface area contributed by atoms with Crippen LogP contribution in [0.4, 0.5) is 5.69 Å². The van der Waals surface area contributed by atoms with E-state index >= 15 is 0 Å². The SMILES string of the molecule is CCN(CC)C(=O)c1ccccc1NC(=O)/C=C/c1ccc(OC)c(OC)c1OC. The summed E-state index contributed by atoms with van der Waals surface area (Å²) in [6.45, 7) is 5.02. The zero-order valence-corrected chi connectivity index (χ0v) is 18.0. The predicted octanol–water partition coefficient (Wildman–Crippen LogP) is 3.85. The molecule has 0 aliphatic rings. The molecule has 1 N–H and O–H groups in total. The van der Waals surface area contributed by atoms with Gasteiger partial charge in [0.1, 0.15) is 0 Å². The van der Waals surface area contributed by atoms with Crippen LogP contribution in [0.1, 0.15) is 29.8 Å². The number of hydrogen-bond acceptors (Lipinski definition) is 5. The van der Waals surface area contributed by atoms with Gasteiger partial charge in [-0.3, -0.25) is 9.59 Å². The molecule has 0 aliphatic heterocycles. The Morgan fingerprint density at radius 2 is 1.60 bits per heavy atom. The second-order valence-corrected chi connectivity index (χ2v) is 6.27. The first-order chi connectivity index (χ1) is 14.5. The van der Waals surface area contributed by atoms with Gasteiger partial charge in [0.15, 0.2) is 11.5 Å². The Morgan fingerprint density at radius 3 is 2.20 bits per heavy atom. The first kappa shape index (κ1) is 22.8. The molecule has 0 radical (unpaired) electrons. The van der Waals surface area contributed by atoms with E-state index in [1.807, 2.05) is 13.8 Å². The molecule has 0 fully saturated rings. The van der Waals surface area contributed by atoms with Gasteiger partial charge >= 0.3 is 0 Å². The topological polar surface area (TPSA) is 77.1 Å². The predicted molar refractivity (Wildman–Crippen MR) is 117 cm³/mol. The number of ether oxygens (including phenoxy) is 3. The summed E-state index contributed by atoms with van der Waals surface area (Å²) in [5, 5.41) is 2.78. The fraction of sp³-hybridized carbons (Fsp3) is 0.304. The number of rotatable bonds is 9. The van der Waals surface area contributed by atoms with E-state index in [4.69, 9.17) is 14.2 Å². The maximum Gasteiger partial charge on any atom is 0.255 e. The lowest BCUT2D eigenvalue weighted by atomic mass is 10.1. The van der Waals surface area contributed by atoms with E-state index in [2.05, 4.69) is 5.32 Å². The van der Waals surface area contributed by atoms with Crippen LogP contribution in [0.15, 0.2) is 42.5 Å². The van der Waals surface area contributed by atoms with Crippen LogP contribution < -0.4 is 19.5 Å². The fourth-order valence-electron chi connectivity index (χ4n) is 3.06. The lowest BCUT2D eigenvalue weighted by Crippen LogP contribution is -2.31. The number of nitrogens with zero attached hydrogens (tertiary/aromatic N) is 1. The molecular formula is C23H28N2O5. The van der Waals surface area contributed by atoms with E-state index in [-0.39, 0.29) is 11.8 Å². The minimum atomic E-state index is -0.369. The summed E-state index contributed by atoms with van der Waals surface area (Å²) in [6, 6.07) is 10.5. The third kappa shape index (κ3) is 5.11. The second-order valence-electron chi connectivity index (χ2n) is 6.27. The molecule has 0 bridgehead atoms. The molecule has 0 aromatic heterocycles. The number of anilines is 1. The van der Waals surface area contributed by atoms with Crippen LogP contribution in [0, 0.1) is 0 Å². The largest absolute Gasteiger partial charge is 0.493 e. The van der Waals surface area contributed by atoms with Crippen LogP contribution in [-0.4, -0.2) is 51.1 Å². The van der Waals surface area contributed by atoms with E-state index in [1.54, 1.807) is 47.4 Å². The van der Waals surface area contributed by atoms with Crippen LogP contribution >= 0.6 is 0 Å². The van der Waals surface area contributed by atoms with Crippen molar-refractivity contribution in [2.75, 3.05) is 39.7 Å². The minimum Gasteiger partial charge on any atom is -0.493 e. The highest BCUT2D eigenvalue weighted by Crippen LogP contribution is 2.40. The van der Waals surface area contributed by atoms with Gasteiger partial charge in [0.2, 0.25) is 11.7 Å². The number of carbonyl (C=O) groups excluding carboxylic acids is 2. The fourth-order valence-corrected chi connectivity index (χ4v) is 3.06. The molecule has 0 unspecified atom stereocenters. The monoisotopic (exact) mass is 412 g/mol. The third-order valence-electron chi connectivity index (χ3n) is 4.61. The van der Waals surface area contributed by atoms with Crippen LogP contribution in [0.3, 0.4) is 0 Å². The van der Waals surface area contributed by atoms with Crippen LogP contribution in [0.25, 0.3) is 6.08 Å². The molecule has 2 aromatic rings. The minimum absolute atomic E-state index is 0.124. The number of amides is 2. The number of methoxy groups -OCH3 is 3. The summed E-state index contributed by atoms with van der Waals surface area (Å²) in [7, 11) is 4.57. The van der Waals surface area contributed by atoms with Gasteiger partial charge in [-0.2, -0.15) is 0 Å². The Bertz CT molecular complexity index is 920. The van der Waals surface area contributed by atoms with Crippen LogP contribution in [0.5, 0.6) is 17.2 Å². The number of para-hydroxylation sites is 1. The summed E-state index contributed by atoms with van der Waals surface area (Å²) < 4.78 is 16.1. The van der Waals surface area contributed by atoms with Crippen molar-refractivity contribution in [1.82, 2.24) is 4.90 Å². The van der Waals surface area contributed by atoms with Crippen LogP contribution in [-0.2, 0) is 4.79 Å². The normalized spacial score (nSPS) is 10.6. The maximum atomic E-state index is 12.7. The smallest absolute Gasteiger partial charge is 0.255 e. The van der Waals surface area contributed by atoms with Crippen molar-refractivity contribution in [2.24, 2.45) is 0 Å². The second kappa shape index (κ2) is 10.9. The highest BCUT2D eigenvalue weighted by molar-refractivity contribution is 6.07. The van der Waals surface area contributed by atoms with Gasteiger partial charge in [0.05, 0.1) is 32.6 Å². The van der Waals surface area contributed by atoms with Gasteiger partial charge in [-0.05, 0) is 44.2 Å². The maximum absolute atomic E-state index is 12.7. The van der Waals surface area contributed by atoms with Crippen molar-refractivity contribution in [3.05, 3.63) is 53.6 Å². The molecule has 2 aromatic carbocycles. The number of carbonyl (C=O) groups is 2. The van der Waals surface area contributed by atoms with Crippen molar-refractivity contribution in [3.8, 4) is 17.2 Å². The highest BCUT2D eigenvalue weighted by atomic mass is 16.5. The summed E-state index contributed by atoms with van der Waals surface area (Å²) in [5.74, 6) is 0.934. The van der Waals surface area contributed by atoms with E-state index in [0.29, 0.717) is 47.2 Å². The molecular weight excluding hydrogens is 384 g/mol. The summed E-state index contributed by atoms with van der Waals surface area (Å²) >= 11 is 0. The summed E-state index contributed by atoms with van der Waals surface area (Å²) in [5.41, 5.74) is 1.56. The molecule has 0 spiro atoms. The zero-order chi connectivity index (χ0) is 22.1. The number of benzene rings is 2. The van der Waals surface area contributed by atoms with Crippen molar-refractivity contribution in [3.63, 3.8) is 0 Å². The Balaban J connectivity index is 2.25. The number of nitrogens with one attached hydrogen (secondary N) is 1. The summed E-state index contributed by atoms with van der Waals surface area (Å²) in [4.78, 5) is 26.9. The molecule has 7 heteroatoms. The number of hydrogen-bond donors (Lipinski definition) is 1. The van der Waals surface area contributed by atoms with Crippen molar-refractivity contribution < 1.29 is 23.8 Å². The van der Waals surface area contributed by atoms with Gasteiger partial charge in [0, 0.05) is 24.7 Å². The summed E-state index contributed by atoms with van der Waals surface area (Å²) in [6.07, 6.45) is 2.99. The molecule has 0 atom stereocenters. The van der Waals surface area contributed by atoms with E-state index in [1.165, 1.54) is 27.4 Å². The van der Waals surface area contributed by atoms with Gasteiger partial charge < -0.3 is 24.4 Å². The molecule has 7 nitrogen and oxygen atoms in total. The average molecular weight is 412 g/mol. The first-order valence-electron chi connectivity index (χ1n) is 9.66. The standard InChI is InChI=1S/C23H28N2O5/c1-6-25(7-2)23(27)17-10-8-9-11-18(17)24-20(26)15-13-16-12-14-19(28-3)22(30-5)21(16)29-4/h8-15H,6-7H2,1-5H3,(H,24,26)/b15-13+. The average Bonchev–Trinajstić information content (AvgIpc) is 2.77. The molecule has 2 rings (SSSR count).